The summed E-state index contributed by atoms with van der Waals surface area (Å²) in [4.78, 5) is 25.2. The Labute approximate surface area is 155 Å². The number of hydrogen-bond donors (Lipinski definition) is 1. The van der Waals surface area contributed by atoms with Gasteiger partial charge >= 0.3 is 5.97 Å². The van der Waals surface area contributed by atoms with Crippen molar-refractivity contribution in [1.29, 1.82) is 0 Å². The monoisotopic (exact) mass is 372 g/mol. The molecule has 0 fully saturated rings. The van der Waals surface area contributed by atoms with Crippen LogP contribution in [0.2, 0.25) is 0 Å². The standard InChI is InChI=1S/C20H21FN2O4/c1-5-13-10-15-16(18(27-11(2)3)17(20(25)26)22(15)4)19(24)23(13)14-8-6-7-12(21)9-14/h6-11H,5H2,1-4H3,(H,25,26). The number of hydrogen-bond acceptors (Lipinski definition) is 3. The Morgan fingerprint density at radius 1 is 1.30 bits per heavy atom. The number of fused-ring (bicyclic) bond motifs is 1. The van der Waals surface area contributed by atoms with Crippen LogP contribution in [0.25, 0.3) is 16.6 Å². The number of aryl methyl sites for hydroxylation is 2. The van der Waals surface area contributed by atoms with E-state index in [0.29, 0.717) is 23.3 Å². The summed E-state index contributed by atoms with van der Waals surface area (Å²) >= 11 is 0. The first-order valence-electron chi connectivity index (χ1n) is 8.69. The zero-order valence-corrected chi connectivity index (χ0v) is 15.6. The van der Waals surface area contributed by atoms with Crippen molar-refractivity contribution in [3.63, 3.8) is 0 Å². The summed E-state index contributed by atoms with van der Waals surface area (Å²) in [6.45, 7) is 5.40. The van der Waals surface area contributed by atoms with E-state index in [4.69, 9.17) is 4.74 Å². The molecule has 0 saturated carbocycles. The number of nitrogens with zero attached hydrogens (tertiary/aromatic N) is 2. The van der Waals surface area contributed by atoms with E-state index >= 15 is 0 Å². The molecule has 0 aliphatic rings. The molecule has 0 bridgehead atoms. The van der Waals surface area contributed by atoms with E-state index in [2.05, 4.69) is 0 Å². The van der Waals surface area contributed by atoms with E-state index in [1.54, 1.807) is 33.0 Å². The second-order valence-corrected chi connectivity index (χ2v) is 6.58. The molecule has 0 spiro atoms. The number of ether oxygens (including phenoxy) is 1. The molecule has 3 rings (SSSR count). The molecule has 7 heteroatoms. The molecular weight excluding hydrogens is 351 g/mol. The Morgan fingerprint density at radius 3 is 2.56 bits per heavy atom. The lowest BCUT2D eigenvalue weighted by Crippen LogP contribution is -2.22. The lowest BCUT2D eigenvalue weighted by atomic mass is 10.2. The Hall–Kier alpha value is -3.09. The molecule has 0 amide bonds. The fraction of sp³-hybridized carbons (Fsp3) is 0.300. The third-order valence-electron chi connectivity index (χ3n) is 4.39. The number of aromatic carboxylic acids is 1. The third-order valence-corrected chi connectivity index (χ3v) is 4.39. The van der Waals surface area contributed by atoms with Crippen molar-refractivity contribution in [1.82, 2.24) is 9.13 Å². The molecule has 2 aromatic heterocycles. The van der Waals surface area contributed by atoms with Gasteiger partial charge in [-0.05, 0) is 44.5 Å². The Kier molecular flexibility index (Phi) is 4.78. The maximum atomic E-state index is 13.7. The van der Waals surface area contributed by atoms with Crippen LogP contribution in [0.3, 0.4) is 0 Å². The van der Waals surface area contributed by atoms with Crippen molar-refractivity contribution in [2.75, 3.05) is 0 Å². The van der Waals surface area contributed by atoms with Gasteiger partial charge in [-0.3, -0.25) is 9.36 Å². The number of carbonyl (C=O) groups is 1. The number of rotatable bonds is 5. The lowest BCUT2D eigenvalue weighted by Gasteiger charge is -2.14. The van der Waals surface area contributed by atoms with E-state index in [1.165, 1.54) is 27.3 Å². The predicted octanol–water partition coefficient (Wildman–Crippen LogP) is 3.52. The number of pyridine rings is 1. The molecule has 0 aliphatic carbocycles. The van der Waals surface area contributed by atoms with Crippen LogP contribution in [0.15, 0.2) is 35.1 Å². The van der Waals surface area contributed by atoms with Gasteiger partial charge in [0.1, 0.15) is 11.2 Å². The van der Waals surface area contributed by atoms with E-state index in [9.17, 15) is 19.1 Å². The molecule has 0 atom stereocenters. The molecule has 2 heterocycles. The predicted molar refractivity (Wildman–Crippen MR) is 101 cm³/mol. The van der Waals surface area contributed by atoms with Gasteiger partial charge in [-0.25, -0.2) is 9.18 Å². The van der Waals surface area contributed by atoms with Crippen molar-refractivity contribution in [3.8, 4) is 11.4 Å². The topological polar surface area (TPSA) is 73.5 Å². The molecule has 0 unspecified atom stereocenters. The molecule has 3 aromatic rings. The molecule has 1 N–H and O–H groups in total. The van der Waals surface area contributed by atoms with Crippen molar-refractivity contribution >= 4 is 16.9 Å². The minimum atomic E-state index is -1.18. The first-order chi connectivity index (χ1) is 12.8. The molecule has 142 valence electrons. The summed E-state index contributed by atoms with van der Waals surface area (Å²) in [5.41, 5.74) is 0.975. The summed E-state index contributed by atoms with van der Waals surface area (Å²) in [6, 6.07) is 7.49. The minimum Gasteiger partial charge on any atom is -0.488 e. The summed E-state index contributed by atoms with van der Waals surface area (Å²) in [7, 11) is 1.59. The molecule has 0 aliphatic heterocycles. The molecule has 6 nitrogen and oxygen atoms in total. The van der Waals surface area contributed by atoms with Crippen LogP contribution in [0.1, 0.15) is 37.0 Å². The molecule has 1 aromatic carbocycles. The fourth-order valence-electron chi connectivity index (χ4n) is 3.26. The van der Waals surface area contributed by atoms with E-state index in [-0.39, 0.29) is 22.9 Å². The van der Waals surface area contributed by atoms with Crippen LogP contribution >= 0.6 is 0 Å². The molecule has 0 radical (unpaired) electrons. The zero-order valence-electron chi connectivity index (χ0n) is 15.6. The largest absolute Gasteiger partial charge is 0.488 e. The smallest absolute Gasteiger partial charge is 0.356 e. The highest BCUT2D eigenvalue weighted by Gasteiger charge is 2.27. The fourth-order valence-corrected chi connectivity index (χ4v) is 3.26. The number of carboxylic acids is 1. The SMILES string of the molecule is CCc1cc2c(c(OC(C)C)c(C(=O)O)n2C)c(=O)n1-c1cccc(F)c1. The number of aromatic nitrogens is 2. The van der Waals surface area contributed by atoms with Gasteiger partial charge in [-0.2, -0.15) is 0 Å². The molecular formula is C20H21FN2O4. The van der Waals surface area contributed by atoms with Gasteiger partial charge in [0, 0.05) is 12.7 Å². The normalized spacial score (nSPS) is 11.3. The lowest BCUT2D eigenvalue weighted by molar-refractivity contribution is 0.0680. The van der Waals surface area contributed by atoms with Crippen LogP contribution in [0.5, 0.6) is 5.75 Å². The maximum Gasteiger partial charge on any atom is 0.356 e. The Bertz CT molecular complexity index is 1100. The van der Waals surface area contributed by atoms with Crippen LogP contribution in [-0.4, -0.2) is 26.3 Å². The highest BCUT2D eigenvalue weighted by molar-refractivity contribution is 6.00. The van der Waals surface area contributed by atoms with Gasteiger partial charge in [0.25, 0.3) is 5.56 Å². The average molecular weight is 372 g/mol. The van der Waals surface area contributed by atoms with Crippen LogP contribution in [-0.2, 0) is 13.5 Å². The average Bonchev–Trinajstić information content (AvgIpc) is 2.86. The Balaban J connectivity index is 2.48. The highest BCUT2D eigenvalue weighted by Crippen LogP contribution is 2.32. The summed E-state index contributed by atoms with van der Waals surface area (Å²) in [6.07, 6.45) is 0.192. The third kappa shape index (κ3) is 3.09. The number of benzene rings is 1. The molecule has 0 saturated heterocycles. The van der Waals surface area contributed by atoms with Gasteiger partial charge in [0.15, 0.2) is 11.4 Å². The molecule has 27 heavy (non-hydrogen) atoms. The summed E-state index contributed by atoms with van der Waals surface area (Å²) in [5, 5.41) is 9.81. The van der Waals surface area contributed by atoms with Gasteiger partial charge < -0.3 is 14.4 Å². The number of halogens is 1. The first-order valence-corrected chi connectivity index (χ1v) is 8.69. The van der Waals surface area contributed by atoms with Crippen LogP contribution < -0.4 is 10.3 Å². The zero-order chi connectivity index (χ0) is 19.9. The second-order valence-electron chi connectivity index (χ2n) is 6.58. The maximum absolute atomic E-state index is 13.7. The quantitative estimate of drug-likeness (QED) is 0.744. The summed E-state index contributed by atoms with van der Waals surface area (Å²) < 4.78 is 22.3. The van der Waals surface area contributed by atoms with E-state index < -0.39 is 17.3 Å². The Morgan fingerprint density at radius 2 is 2.00 bits per heavy atom. The second kappa shape index (κ2) is 6.90. The minimum absolute atomic E-state index is 0.0350. The highest BCUT2D eigenvalue weighted by atomic mass is 19.1. The number of carboxylic acid groups (broad SMARTS) is 1. The van der Waals surface area contributed by atoms with E-state index in [1.807, 2.05) is 6.92 Å². The summed E-state index contributed by atoms with van der Waals surface area (Å²) in [5.74, 6) is -1.61. The van der Waals surface area contributed by atoms with Gasteiger partial charge in [0.05, 0.1) is 17.3 Å². The van der Waals surface area contributed by atoms with Crippen LogP contribution in [0.4, 0.5) is 4.39 Å². The van der Waals surface area contributed by atoms with Crippen molar-refractivity contribution in [3.05, 3.63) is 57.9 Å². The van der Waals surface area contributed by atoms with Gasteiger partial charge in [0.2, 0.25) is 0 Å². The van der Waals surface area contributed by atoms with Crippen LogP contribution in [0, 0.1) is 5.82 Å². The van der Waals surface area contributed by atoms with Crippen molar-refractivity contribution < 1.29 is 19.0 Å². The van der Waals surface area contributed by atoms with Gasteiger partial charge in [-0.15, -0.1) is 0 Å². The van der Waals surface area contributed by atoms with Crippen molar-refractivity contribution in [2.24, 2.45) is 7.05 Å². The van der Waals surface area contributed by atoms with Gasteiger partial charge in [-0.1, -0.05) is 13.0 Å². The van der Waals surface area contributed by atoms with Crippen molar-refractivity contribution in [2.45, 2.75) is 33.3 Å². The first kappa shape index (κ1) is 18.7. The van der Waals surface area contributed by atoms with E-state index in [0.717, 1.165) is 0 Å².